The van der Waals surface area contributed by atoms with Gasteiger partial charge in [0.25, 0.3) is 0 Å². The second kappa shape index (κ2) is 3.57. The lowest BCUT2D eigenvalue weighted by atomic mass is 10.9. The van der Waals surface area contributed by atoms with Gasteiger partial charge in [-0.1, -0.05) is 0 Å². The molecule has 0 saturated carbocycles. The Labute approximate surface area is 54.0 Å². The molecular formula is C3H8NO3S+. The average Bonchev–Trinajstić information content (AvgIpc) is 1.67. The fourth-order valence-electron chi connectivity index (χ4n) is 0.181. The van der Waals surface area contributed by atoms with Crippen molar-refractivity contribution in [1.29, 1.82) is 0 Å². The molecule has 0 rings (SSSR count). The molecule has 4 nitrogen and oxygen atoms in total. The van der Waals surface area contributed by atoms with Crippen molar-refractivity contribution in [2.75, 3.05) is 6.61 Å². The van der Waals surface area contributed by atoms with Crippen molar-refractivity contribution in [3.05, 3.63) is 0 Å². The highest BCUT2D eigenvalue weighted by molar-refractivity contribution is 7.78. The molecule has 0 radical (unpaired) electrons. The van der Waals surface area contributed by atoms with E-state index < -0.39 is 6.09 Å². The molecule has 0 saturated heterocycles. The van der Waals surface area contributed by atoms with E-state index in [1.165, 1.54) is 0 Å². The van der Waals surface area contributed by atoms with Gasteiger partial charge >= 0.3 is 7.52 Å². The first-order valence-electron chi connectivity index (χ1n) is 2.03. The summed E-state index contributed by atoms with van der Waals surface area (Å²) in [7, 11) is 0. The molecule has 48 valence electrons. The van der Waals surface area contributed by atoms with Gasteiger partial charge in [0, 0.05) is 0 Å². The molecule has 0 fully saturated rings. The van der Waals surface area contributed by atoms with Gasteiger partial charge in [0.2, 0.25) is 0 Å². The molecule has 0 spiro atoms. The van der Waals surface area contributed by atoms with E-state index in [9.17, 15) is 4.79 Å². The van der Waals surface area contributed by atoms with Crippen molar-refractivity contribution in [3.8, 4) is 0 Å². The maximum atomic E-state index is 10.1. The molecular weight excluding hydrogens is 130 g/mol. The molecule has 0 aromatic rings. The highest BCUT2D eigenvalue weighted by Crippen LogP contribution is 1.90. The van der Waals surface area contributed by atoms with Gasteiger partial charge in [-0.15, -0.1) is 4.47 Å². The molecule has 0 aliphatic heterocycles. The van der Waals surface area contributed by atoms with Gasteiger partial charge < -0.3 is 4.74 Å². The third-order valence-electron chi connectivity index (χ3n) is 0.431. The first kappa shape index (κ1) is 7.58. The van der Waals surface area contributed by atoms with Crippen molar-refractivity contribution in [2.24, 2.45) is 0 Å². The highest BCUT2D eigenvalue weighted by Gasteiger charge is 2.03. The predicted octanol–water partition coefficient (Wildman–Crippen LogP) is 0.791. The summed E-state index contributed by atoms with van der Waals surface area (Å²) >= 11 is 3.24. The van der Waals surface area contributed by atoms with Gasteiger partial charge in [0.05, 0.1) is 6.61 Å². The number of nitrogens with zero attached hydrogens (tertiary/aromatic N) is 1. The zero-order chi connectivity index (χ0) is 6.57. The Balaban J connectivity index is 0. The van der Waals surface area contributed by atoms with Gasteiger partial charge in [0.15, 0.2) is 0 Å². The SMILES string of the molecule is CCOC(=O)N(O)S.[H+]. The van der Waals surface area contributed by atoms with Crippen LogP contribution in [0.4, 0.5) is 4.79 Å². The van der Waals surface area contributed by atoms with Crippen LogP contribution in [0.15, 0.2) is 0 Å². The molecule has 0 aromatic carbocycles. The minimum Gasteiger partial charge on any atom is -0.448 e. The van der Waals surface area contributed by atoms with Gasteiger partial charge in [0.1, 0.15) is 0 Å². The summed E-state index contributed by atoms with van der Waals surface area (Å²) < 4.78 is 4.35. The molecule has 1 amide bonds. The Morgan fingerprint density at radius 1 is 2.12 bits per heavy atom. The first-order valence-corrected chi connectivity index (χ1v) is 2.43. The normalized spacial score (nSPS) is 8.38. The van der Waals surface area contributed by atoms with Crippen LogP contribution in [0.5, 0.6) is 0 Å². The third-order valence-corrected chi connectivity index (χ3v) is 0.594. The third kappa shape index (κ3) is 2.70. The minimum atomic E-state index is -0.865. The molecule has 1 N–H and O–H groups in total. The van der Waals surface area contributed by atoms with E-state index >= 15 is 0 Å². The van der Waals surface area contributed by atoms with Crippen molar-refractivity contribution in [2.45, 2.75) is 6.92 Å². The van der Waals surface area contributed by atoms with E-state index in [1.54, 1.807) is 6.92 Å². The van der Waals surface area contributed by atoms with Crippen molar-refractivity contribution >= 4 is 18.9 Å². The number of thiol groups is 1. The van der Waals surface area contributed by atoms with Gasteiger partial charge in [-0.25, -0.2) is 4.79 Å². The molecule has 0 aromatic heterocycles. The van der Waals surface area contributed by atoms with Gasteiger partial charge in [-0.05, 0) is 19.7 Å². The summed E-state index contributed by atoms with van der Waals surface area (Å²) in [5.74, 6) is 0. The summed E-state index contributed by atoms with van der Waals surface area (Å²) in [6.07, 6.45) is -0.865. The summed E-state index contributed by atoms with van der Waals surface area (Å²) in [6, 6.07) is 0. The molecule has 0 aliphatic rings. The van der Waals surface area contributed by atoms with Crippen LogP contribution in [0.25, 0.3) is 0 Å². The lowest BCUT2D eigenvalue weighted by molar-refractivity contribution is 0.0104. The van der Waals surface area contributed by atoms with Crippen LogP contribution in [-0.4, -0.2) is 22.4 Å². The second-order valence-corrected chi connectivity index (χ2v) is 1.37. The smallest absolute Gasteiger partial charge is 0.448 e. The lowest BCUT2D eigenvalue weighted by Crippen LogP contribution is -2.18. The van der Waals surface area contributed by atoms with Crippen LogP contribution in [0.3, 0.4) is 0 Å². The Hall–Kier alpha value is -0.420. The van der Waals surface area contributed by atoms with Gasteiger partial charge in [-0.2, -0.15) is 0 Å². The lowest BCUT2D eigenvalue weighted by Gasteiger charge is -2.04. The number of rotatable bonds is 1. The zero-order valence-electron chi connectivity index (χ0n) is 5.37. The number of hydrogen-bond donors (Lipinski definition) is 2. The average molecular weight is 138 g/mol. The maximum absolute atomic E-state index is 10.1. The first-order chi connectivity index (χ1) is 3.68. The Bertz CT molecular complexity index is 89.1. The topological polar surface area (TPSA) is 49.8 Å². The van der Waals surface area contributed by atoms with Crippen LogP contribution < -0.4 is 0 Å². The van der Waals surface area contributed by atoms with E-state index in [0.717, 1.165) is 0 Å². The van der Waals surface area contributed by atoms with Crippen molar-refractivity contribution in [3.63, 3.8) is 0 Å². The predicted molar refractivity (Wildman–Crippen MR) is 30.7 cm³/mol. The largest absolute Gasteiger partial charge is 1.00 e. The summed E-state index contributed by atoms with van der Waals surface area (Å²) in [4.78, 5) is 10.1. The molecule has 0 heterocycles. The number of ether oxygens (including phenoxy) is 1. The Morgan fingerprint density at radius 3 is 2.75 bits per heavy atom. The summed E-state index contributed by atoms with van der Waals surface area (Å²) in [5.41, 5.74) is 0. The number of hydrogen-bond acceptors (Lipinski definition) is 4. The number of hydroxylamine groups is 1. The summed E-state index contributed by atoms with van der Waals surface area (Å²) in [5, 5.41) is 8.17. The van der Waals surface area contributed by atoms with E-state index in [4.69, 9.17) is 5.21 Å². The molecule has 0 unspecified atom stereocenters. The summed E-state index contributed by atoms with van der Waals surface area (Å²) in [6.45, 7) is 1.87. The van der Waals surface area contributed by atoms with E-state index in [-0.39, 0.29) is 12.5 Å². The minimum absolute atomic E-state index is 0. The molecule has 0 aliphatic carbocycles. The second-order valence-electron chi connectivity index (χ2n) is 0.988. The fraction of sp³-hybridized carbons (Fsp3) is 0.667. The zero-order valence-corrected chi connectivity index (χ0v) is 5.26. The van der Waals surface area contributed by atoms with E-state index in [2.05, 4.69) is 17.6 Å². The van der Waals surface area contributed by atoms with E-state index in [1.807, 2.05) is 0 Å². The van der Waals surface area contributed by atoms with Crippen LogP contribution in [0, 0.1) is 0 Å². The van der Waals surface area contributed by atoms with Crippen molar-refractivity contribution in [1.82, 2.24) is 4.47 Å². The van der Waals surface area contributed by atoms with Crippen LogP contribution in [-0.2, 0) is 4.74 Å². The standard InChI is InChI=1S/C3H7NO3S/c1-2-7-3(5)4(6)8/h6,8H,2H2,1H3/p+1. The van der Waals surface area contributed by atoms with Crippen LogP contribution >= 0.6 is 12.8 Å². The number of carbonyl (C=O) groups is 1. The fourth-order valence-corrected chi connectivity index (χ4v) is 0.239. The van der Waals surface area contributed by atoms with Gasteiger partial charge in [-0.3, -0.25) is 5.21 Å². The van der Waals surface area contributed by atoms with Crippen LogP contribution in [0.2, 0.25) is 0 Å². The van der Waals surface area contributed by atoms with E-state index in [0.29, 0.717) is 0 Å². The maximum Gasteiger partial charge on any atom is 1.00 e. The van der Waals surface area contributed by atoms with Crippen LogP contribution in [0.1, 0.15) is 8.35 Å². The molecule has 0 atom stereocenters. The van der Waals surface area contributed by atoms with Crippen molar-refractivity contribution < 1.29 is 16.2 Å². The number of carbonyl (C=O) groups excluding carboxylic acids is 1. The number of amides is 1. The monoisotopic (exact) mass is 138 g/mol. The molecule has 5 heteroatoms. The molecule has 0 bridgehead atoms. The molecule has 8 heavy (non-hydrogen) atoms. The Morgan fingerprint density at radius 2 is 2.62 bits per heavy atom. The Kier molecular flexibility index (Phi) is 3.38. The quantitative estimate of drug-likeness (QED) is 0.320. The highest BCUT2D eigenvalue weighted by atomic mass is 32.1.